The minimum Gasteiger partial charge on any atom is -0.347 e. The van der Waals surface area contributed by atoms with Crippen LogP contribution in [0.5, 0.6) is 0 Å². The molecular weight excluding hydrogens is 302 g/mol. The van der Waals surface area contributed by atoms with Gasteiger partial charge in [-0.1, -0.05) is 62.9 Å². The van der Waals surface area contributed by atoms with Crippen LogP contribution in [0.15, 0.2) is 35.4 Å². The number of nitrogens with one attached hydrogen (secondary N) is 2. The van der Waals surface area contributed by atoms with E-state index in [4.69, 9.17) is 0 Å². The lowest BCUT2D eigenvalue weighted by atomic mass is 9.89. The van der Waals surface area contributed by atoms with Crippen LogP contribution in [0.1, 0.15) is 57.4 Å². The summed E-state index contributed by atoms with van der Waals surface area (Å²) in [5.74, 6) is -0.232. The van der Waals surface area contributed by atoms with Crippen LogP contribution >= 0.6 is 0 Å². The zero-order chi connectivity index (χ0) is 17.2. The van der Waals surface area contributed by atoms with Crippen molar-refractivity contribution in [2.45, 2.75) is 51.9 Å². The first kappa shape index (κ1) is 18.2. The molecule has 24 heavy (non-hydrogen) atoms. The third kappa shape index (κ3) is 5.80. The molecule has 1 saturated carbocycles. The Hall–Kier alpha value is -2.17. The number of rotatable bonds is 7. The summed E-state index contributed by atoms with van der Waals surface area (Å²) >= 11 is 0. The predicted octanol–water partition coefficient (Wildman–Crippen LogP) is 3.00. The van der Waals surface area contributed by atoms with Crippen molar-refractivity contribution in [2.75, 3.05) is 6.54 Å². The van der Waals surface area contributed by atoms with E-state index in [0.717, 1.165) is 49.8 Å². The van der Waals surface area contributed by atoms with Crippen molar-refractivity contribution in [3.63, 3.8) is 0 Å². The van der Waals surface area contributed by atoms with Crippen LogP contribution in [0.25, 0.3) is 0 Å². The maximum Gasteiger partial charge on any atom is 0.259 e. The number of carbonyl (C=O) groups excluding carboxylic acids is 2. The Morgan fingerprint density at radius 1 is 1.12 bits per heavy atom. The SMILES string of the molecule is CCCC(=NNC(=O)CNC(=O)C1CCCCC1)c1ccccc1. The summed E-state index contributed by atoms with van der Waals surface area (Å²) in [5, 5.41) is 6.97. The van der Waals surface area contributed by atoms with Gasteiger partial charge in [-0.25, -0.2) is 5.43 Å². The van der Waals surface area contributed by atoms with Crippen molar-refractivity contribution < 1.29 is 9.59 Å². The highest BCUT2D eigenvalue weighted by Crippen LogP contribution is 2.23. The summed E-state index contributed by atoms with van der Waals surface area (Å²) < 4.78 is 0. The zero-order valence-electron chi connectivity index (χ0n) is 14.4. The highest BCUT2D eigenvalue weighted by molar-refractivity contribution is 6.01. The molecular formula is C19H27N3O2. The van der Waals surface area contributed by atoms with E-state index < -0.39 is 0 Å². The maximum atomic E-state index is 12.0. The Balaban J connectivity index is 1.82. The predicted molar refractivity (Wildman–Crippen MR) is 95.6 cm³/mol. The molecule has 1 aromatic rings. The molecule has 0 aromatic heterocycles. The van der Waals surface area contributed by atoms with Crippen LogP contribution in [-0.2, 0) is 9.59 Å². The van der Waals surface area contributed by atoms with E-state index >= 15 is 0 Å². The standard InChI is InChI=1S/C19H27N3O2/c1-2-9-17(15-10-5-3-6-11-15)21-22-18(23)14-20-19(24)16-12-7-4-8-13-16/h3,5-6,10-11,16H,2,4,7-9,12-14H2,1H3,(H,20,24)(H,22,23). The Bertz CT molecular complexity index is 563. The Morgan fingerprint density at radius 3 is 2.50 bits per heavy atom. The van der Waals surface area contributed by atoms with Gasteiger partial charge < -0.3 is 5.32 Å². The van der Waals surface area contributed by atoms with E-state index in [2.05, 4.69) is 22.8 Å². The van der Waals surface area contributed by atoms with Crippen LogP contribution in [-0.4, -0.2) is 24.1 Å². The van der Waals surface area contributed by atoms with Crippen molar-refractivity contribution >= 4 is 17.5 Å². The van der Waals surface area contributed by atoms with E-state index in [1.54, 1.807) is 0 Å². The van der Waals surface area contributed by atoms with Crippen LogP contribution in [0.4, 0.5) is 0 Å². The van der Waals surface area contributed by atoms with Gasteiger partial charge in [0.25, 0.3) is 5.91 Å². The summed E-state index contributed by atoms with van der Waals surface area (Å²) in [6.45, 7) is 2.05. The van der Waals surface area contributed by atoms with E-state index in [9.17, 15) is 9.59 Å². The number of hydrogen-bond acceptors (Lipinski definition) is 3. The average molecular weight is 329 g/mol. The smallest absolute Gasteiger partial charge is 0.259 e. The fourth-order valence-electron chi connectivity index (χ4n) is 2.98. The minimum atomic E-state index is -0.288. The lowest BCUT2D eigenvalue weighted by Gasteiger charge is -2.20. The summed E-state index contributed by atoms with van der Waals surface area (Å²) in [4.78, 5) is 24.0. The second-order valence-electron chi connectivity index (χ2n) is 6.26. The molecule has 2 rings (SSSR count). The van der Waals surface area contributed by atoms with Crippen molar-refractivity contribution in [2.24, 2.45) is 11.0 Å². The average Bonchev–Trinajstić information content (AvgIpc) is 2.64. The summed E-state index contributed by atoms with van der Waals surface area (Å²) in [6.07, 6.45) is 7.01. The molecule has 2 N–H and O–H groups in total. The first-order valence-corrected chi connectivity index (χ1v) is 8.89. The van der Waals surface area contributed by atoms with Gasteiger partial charge in [0.2, 0.25) is 5.91 Å². The van der Waals surface area contributed by atoms with Gasteiger partial charge in [-0.3, -0.25) is 9.59 Å². The molecule has 5 heteroatoms. The normalized spacial score (nSPS) is 15.8. The topological polar surface area (TPSA) is 70.6 Å². The van der Waals surface area contributed by atoms with Gasteiger partial charge >= 0.3 is 0 Å². The monoisotopic (exact) mass is 329 g/mol. The molecule has 2 amide bonds. The third-order valence-electron chi connectivity index (χ3n) is 4.31. The van der Waals surface area contributed by atoms with Gasteiger partial charge in [0.15, 0.2) is 0 Å². The molecule has 1 aliphatic rings. The van der Waals surface area contributed by atoms with E-state index in [-0.39, 0.29) is 24.3 Å². The van der Waals surface area contributed by atoms with Gasteiger partial charge in [0.1, 0.15) is 0 Å². The van der Waals surface area contributed by atoms with Gasteiger partial charge in [0.05, 0.1) is 12.3 Å². The molecule has 0 saturated heterocycles. The van der Waals surface area contributed by atoms with E-state index in [1.165, 1.54) is 6.42 Å². The van der Waals surface area contributed by atoms with Gasteiger partial charge in [0, 0.05) is 5.92 Å². The number of amides is 2. The summed E-state index contributed by atoms with van der Waals surface area (Å²) in [5.41, 5.74) is 4.42. The van der Waals surface area contributed by atoms with E-state index in [0.29, 0.717) is 0 Å². The summed E-state index contributed by atoms with van der Waals surface area (Å²) in [6, 6.07) is 9.81. The molecule has 0 heterocycles. The molecule has 0 bridgehead atoms. The molecule has 0 aliphatic heterocycles. The number of nitrogens with zero attached hydrogens (tertiary/aromatic N) is 1. The van der Waals surface area contributed by atoms with Crippen molar-refractivity contribution in [1.82, 2.24) is 10.7 Å². The fraction of sp³-hybridized carbons (Fsp3) is 0.526. The van der Waals surface area contributed by atoms with Crippen LogP contribution in [0.2, 0.25) is 0 Å². The van der Waals surface area contributed by atoms with E-state index in [1.807, 2.05) is 30.3 Å². The third-order valence-corrected chi connectivity index (χ3v) is 4.31. The first-order valence-electron chi connectivity index (χ1n) is 8.89. The van der Waals surface area contributed by atoms with Crippen LogP contribution in [0, 0.1) is 5.92 Å². The number of carbonyl (C=O) groups is 2. The number of hydrazone groups is 1. The lowest BCUT2D eigenvalue weighted by molar-refractivity contribution is -0.129. The first-order chi connectivity index (χ1) is 11.7. The van der Waals surface area contributed by atoms with Crippen LogP contribution in [0.3, 0.4) is 0 Å². The molecule has 1 fully saturated rings. The lowest BCUT2D eigenvalue weighted by Crippen LogP contribution is -2.39. The minimum absolute atomic E-state index is 0.00864. The maximum absolute atomic E-state index is 12.0. The van der Waals surface area contributed by atoms with Crippen molar-refractivity contribution in [1.29, 1.82) is 0 Å². The number of benzene rings is 1. The van der Waals surface area contributed by atoms with Gasteiger partial charge in [-0.2, -0.15) is 5.10 Å². The summed E-state index contributed by atoms with van der Waals surface area (Å²) in [7, 11) is 0. The molecule has 0 atom stereocenters. The van der Waals surface area contributed by atoms with Gasteiger partial charge in [-0.05, 0) is 24.8 Å². The molecule has 0 radical (unpaired) electrons. The van der Waals surface area contributed by atoms with Crippen LogP contribution < -0.4 is 10.7 Å². The van der Waals surface area contributed by atoms with Gasteiger partial charge in [-0.15, -0.1) is 0 Å². The van der Waals surface area contributed by atoms with Crippen molar-refractivity contribution in [3.8, 4) is 0 Å². The largest absolute Gasteiger partial charge is 0.347 e. The molecule has 130 valence electrons. The second kappa shape index (κ2) is 9.85. The Kier molecular flexibility index (Phi) is 7.46. The molecule has 1 aromatic carbocycles. The van der Waals surface area contributed by atoms with Crippen molar-refractivity contribution in [3.05, 3.63) is 35.9 Å². The second-order valence-corrected chi connectivity index (χ2v) is 6.26. The quantitative estimate of drug-likeness (QED) is 0.596. The highest BCUT2D eigenvalue weighted by Gasteiger charge is 2.21. The molecule has 0 spiro atoms. The zero-order valence-corrected chi connectivity index (χ0v) is 14.4. The highest BCUT2D eigenvalue weighted by atomic mass is 16.2. The fourth-order valence-corrected chi connectivity index (χ4v) is 2.98. The molecule has 1 aliphatic carbocycles. The Morgan fingerprint density at radius 2 is 1.83 bits per heavy atom. The Labute approximate surface area is 143 Å². The molecule has 0 unspecified atom stereocenters. The number of hydrogen-bond donors (Lipinski definition) is 2. The molecule has 5 nitrogen and oxygen atoms in total.